The van der Waals surface area contributed by atoms with Crippen LogP contribution in [0.3, 0.4) is 0 Å². The molecule has 1 fully saturated rings. The highest BCUT2D eigenvalue weighted by Gasteiger charge is 2.29. The molecular formula is C33H47NO4. The zero-order chi connectivity index (χ0) is 26.8. The predicted octanol–water partition coefficient (Wildman–Crippen LogP) is 9.01. The number of carbonyl (C=O) groups is 2. The highest BCUT2D eigenvalue weighted by molar-refractivity contribution is 6.15. The maximum absolute atomic E-state index is 13.1. The summed E-state index contributed by atoms with van der Waals surface area (Å²) in [5.74, 6) is 1.27. The summed E-state index contributed by atoms with van der Waals surface area (Å²) in [7, 11) is 0. The van der Waals surface area contributed by atoms with E-state index in [1.54, 1.807) is 41.7 Å². The summed E-state index contributed by atoms with van der Waals surface area (Å²) in [6.45, 7) is 2.90. The first kappa shape index (κ1) is 29.7. The van der Waals surface area contributed by atoms with Crippen molar-refractivity contribution in [2.75, 3.05) is 13.1 Å². The SMILES string of the molecule is CCCCCCCCCCCCCCCCCC(=O)N1C/C(=C\c2ccco2)C(=O)/C(=C/c2ccco2)C1. The summed E-state index contributed by atoms with van der Waals surface area (Å²) in [5.41, 5.74) is 1.13. The van der Waals surface area contributed by atoms with Crippen molar-refractivity contribution in [3.05, 3.63) is 59.5 Å². The highest BCUT2D eigenvalue weighted by atomic mass is 16.3. The molecule has 38 heavy (non-hydrogen) atoms. The molecule has 0 bridgehead atoms. The van der Waals surface area contributed by atoms with Gasteiger partial charge in [0.05, 0.1) is 12.5 Å². The number of unbranched alkanes of at least 4 members (excludes halogenated alkanes) is 14. The Morgan fingerprint density at radius 1 is 0.711 bits per heavy atom. The molecule has 0 N–H and O–H groups in total. The van der Waals surface area contributed by atoms with E-state index < -0.39 is 0 Å². The number of hydrogen-bond donors (Lipinski definition) is 0. The molecule has 3 rings (SSSR count). The number of nitrogens with zero attached hydrogens (tertiary/aromatic N) is 1. The molecular weight excluding hydrogens is 474 g/mol. The molecule has 1 aliphatic heterocycles. The van der Waals surface area contributed by atoms with Gasteiger partial charge in [-0.25, -0.2) is 0 Å². The smallest absolute Gasteiger partial charge is 0.223 e. The molecule has 208 valence electrons. The largest absolute Gasteiger partial charge is 0.465 e. The van der Waals surface area contributed by atoms with Gasteiger partial charge >= 0.3 is 0 Å². The molecule has 5 heteroatoms. The van der Waals surface area contributed by atoms with Crippen LogP contribution < -0.4 is 0 Å². The first-order valence-electron chi connectivity index (χ1n) is 15.0. The van der Waals surface area contributed by atoms with Gasteiger partial charge in [0.25, 0.3) is 0 Å². The second-order valence-electron chi connectivity index (χ2n) is 10.6. The van der Waals surface area contributed by atoms with Crippen LogP contribution in [0.2, 0.25) is 0 Å². The highest BCUT2D eigenvalue weighted by Crippen LogP contribution is 2.24. The summed E-state index contributed by atoms with van der Waals surface area (Å²) in [5, 5.41) is 0. The quantitative estimate of drug-likeness (QED) is 0.145. The minimum atomic E-state index is -0.0613. The Kier molecular flexibility index (Phi) is 13.8. The molecule has 5 nitrogen and oxygen atoms in total. The van der Waals surface area contributed by atoms with Gasteiger partial charge in [-0.3, -0.25) is 9.59 Å². The van der Waals surface area contributed by atoms with E-state index in [1.165, 1.54) is 83.5 Å². The molecule has 1 aliphatic rings. The normalized spacial score (nSPS) is 16.1. The van der Waals surface area contributed by atoms with Crippen molar-refractivity contribution in [1.82, 2.24) is 4.90 Å². The third-order valence-corrected chi connectivity index (χ3v) is 7.37. The third kappa shape index (κ3) is 10.9. The van der Waals surface area contributed by atoms with Crippen molar-refractivity contribution < 1.29 is 18.4 Å². The molecule has 2 aromatic rings. The van der Waals surface area contributed by atoms with Crippen molar-refractivity contribution in [1.29, 1.82) is 0 Å². The van der Waals surface area contributed by atoms with Crippen LogP contribution in [-0.4, -0.2) is 29.7 Å². The maximum Gasteiger partial charge on any atom is 0.223 e. The second-order valence-corrected chi connectivity index (χ2v) is 10.6. The summed E-state index contributed by atoms with van der Waals surface area (Å²) in [6, 6.07) is 7.20. The summed E-state index contributed by atoms with van der Waals surface area (Å²) in [4.78, 5) is 27.9. The number of piperidine rings is 1. The molecule has 0 aromatic carbocycles. The van der Waals surface area contributed by atoms with Gasteiger partial charge in [-0.05, 0) is 42.8 Å². The zero-order valence-corrected chi connectivity index (χ0v) is 23.4. The Balaban J connectivity index is 1.33. The Hall–Kier alpha value is -2.82. The molecule has 2 aromatic heterocycles. The number of furan rings is 2. The lowest BCUT2D eigenvalue weighted by Crippen LogP contribution is -2.41. The van der Waals surface area contributed by atoms with E-state index in [2.05, 4.69) is 6.92 Å². The van der Waals surface area contributed by atoms with E-state index in [-0.39, 0.29) is 11.7 Å². The van der Waals surface area contributed by atoms with Gasteiger partial charge in [-0.2, -0.15) is 0 Å². The first-order valence-corrected chi connectivity index (χ1v) is 15.0. The summed E-state index contributed by atoms with van der Waals surface area (Å²) < 4.78 is 10.8. The molecule has 0 atom stereocenters. The number of Topliss-reactive ketones (excluding diaryl/α,β-unsaturated/α-hetero) is 1. The average molecular weight is 522 g/mol. The molecule has 0 radical (unpaired) electrons. The van der Waals surface area contributed by atoms with Gasteiger partial charge in [-0.15, -0.1) is 0 Å². The second kappa shape index (κ2) is 17.6. The number of rotatable bonds is 18. The van der Waals surface area contributed by atoms with Crippen molar-refractivity contribution in [3.8, 4) is 0 Å². The molecule has 1 saturated heterocycles. The topological polar surface area (TPSA) is 63.7 Å². The lowest BCUT2D eigenvalue weighted by atomic mass is 9.95. The van der Waals surface area contributed by atoms with Gasteiger partial charge in [0, 0.05) is 30.7 Å². The zero-order valence-electron chi connectivity index (χ0n) is 23.4. The van der Waals surface area contributed by atoms with E-state index >= 15 is 0 Å². The van der Waals surface area contributed by atoms with E-state index in [9.17, 15) is 9.59 Å². The monoisotopic (exact) mass is 521 g/mol. The standard InChI is InChI=1S/C33H47NO4/c1-2-3-4-5-6-7-8-9-10-11-12-13-14-15-16-21-32(35)34-26-28(24-30-19-17-22-37-30)33(36)29(27-34)25-31-20-18-23-38-31/h17-20,22-25H,2-16,21,26-27H2,1H3/b28-24+,29-25+. The van der Waals surface area contributed by atoms with E-state index in [0.717, 1.165) is 12.8 Å². The van der Waals surface area contributed by atoms with Crippen LogP contribution in [0.25, 0.3) is 12.2 Å². The Bertz CT molecular complexity index is 928. The average Bonchev–Trinajstić information content (AvgIpc) is 3.63. The van der Waals surface area contributed by atoms with Crippen LogP contribution in [0.1, 0.15) is 121 Å². The Labute approximate surface area is 229 Å². The van der Waals surface area contributed by atoms with Crippen LogP contribution in [0, 0.1) is 0 Å². The first-order chi connectivity index (χ1) is 18.7. The fraction of sp³-hybridized carbons (Fsp3) is 0.576. The van der Waals surface area contributed by atoms with E-state index in [4.69, 9.17) is 8.83 Å². The van der Waals surface area contributed by atoms with Gasteiger partial charge in [0.15, 0.2) is 5.78 Å². The Morgan fingerprint density at radius 2 is 1.13 bits per heavy atom. The van der Waals surface area contributed by atoms with Crippen LogP contribution in [0.15, 0.2) is 56.8 Å². The molecule has 1 amide bonds. The summed E-state index contributed by atoms with van der Waals surface area (Å²) in [6.07, 6.45) is 26.8. The number of amides is 1. The van der Waals surface area contributed by atoms with Crippen LogP contribution >= 0.6 is 0 Å². The minimum absolute atomic E-state index is 0.0613. The predicted molar refractivity (Wildman–Crippen MR) is 155 cm³/mol. The van der Waals surface area contributed by atoms with Gasteiger partial charge in [0.2, 0.25) is 5.91 Å². The lowest BCUT2D eigenvalue weighted by molar-refractivity contribution is -0.131. The molecule has 3 heterocycles. The molecule has 0 saturated carbocycles. The third-order valence-electron chi connectivity index (χ3n) is 7.37. The number of hydrogen-bond acceptors (Lipinski definition) is 4. The van der Waals surface area contributed by atoms with Gasteiger partial charge in [0.1, 0.15) is 11.5 Å². The fourth-order valence-corrected chi connectivity index (χ4v) is 5.11. The van der Waals surface area contributed by atoms with Gasteiger partial charge in [-0.1, -0.05) is 96.8 Å². The fourth-order valence-electron chi connectivity index (χ4n) is 5.11. The van der Waals surface area contributed by atoms with Crippen molar-refractivity contribution in [3.63, 3.8) is 0 Å². The van der Waals surface area contributed by atoms with E-state index in [1.807, 2.05) is 12.1 Å². The van der Waals surface area contributed by atoms with Gasteiger partial charge < -0.3 is 13.7 Å². The number of ketones is 1. The summed E-state index contributed by atoms with van der Waals surface area (Å²) >= 11 is 0. The molecule has 0 spiro atoms. The van der Waals surface area contributed by atoms with Crippen LogP contribution in [0.4, 0.5) is 0 Å². The van der Waals surface area contributed by atoms with Crippen molar-refractivity contribution in [2.24, 2.45) is 0 Å². The number of likely N-dealkylation sites (tertiary alicyclic amines) is 1. The lowest BCUT2D eigenvalue weighted by Gasteiger charge is -2.29. The van der Waals surface area contributed by atoms with E-state index in [0.29, 0.717) is 42.2 Å². The van der Waals surface area contributed by atoms with Crippen molar-refractivity contribution >= 4 is 23.8 Å². The minimum Gasteiger partial charge on any atom is -0.465 e. The molecule has 0 unspecified atom stereocenters. The molecule has 0 aliphatic carbocycles. The Morgan fingerprint density at radius 3 is 1.53 bits per heavy atom. The van der Waals surface area contributed by atoms with Crippen LogP contribution in [-0.2, 0) is 9.59 Å². The number of carbonyl (C=O) groups excluding carboxylic acids is 2. The maximum atomic E-state index is 13.1. The van der Waals surface area contributed by atoms with Crippen LogP contribution in [0.5, 0.6) is 0 Å². The van der Waals surface area contributed by atoms with Crippen molar-refractivity contribution in [2.45, 2.75) is 110 Å².